The van der Waals surface area contributed by atoms with Crippen LogP contribution in [0.5, 0.6) is 11.5 Å². The molecule has 3 aromatic rings. The first kappa shape index (κ1) is 20.7. The molecule has 0 saturated heterocycles. The standard InChI is InChI=1S/C25H26N2O4/c1-16-23(25(26)29)24(21(13-14-22(28)30-2)27(16)18-11-12-18)17-7-6-10-20(15-17)31-19-8-4-3-5-9-19/h3-10,15,18H,11-14H2,1-2H3,(H2,26,29). The number of aromatic nitrogens is 1. The van der Waals surface area contributed by atoms with Gasteiger partial charge in [-0.15, -0.1) is 0 Å². The predicted octanol–water partition coefficient (Wildman–Crippen LogP) is 4.80. The van der Waals surface area contributed by atoms with E-state index < -0.39 is 5.91 Å². The molecule has 0 radical (unpaired) electrons. The predicted molar refractivity (Wildman–Crippen MR) is 118 cm³/mol. The minimum Gasteiger partial charge on any atom is -0.469 e. The molecule has 6 nitrogen and oxygen atoms in total. The number of carbonyl (C=O) groups excluding carboxylic acids is 2. The van der Waals surface area contributed by atoms with Crippen LogP contribution >= 0.6 is 0 Å². The summed E-state index contributed by atoms with van der Waals surface area (Å²) in [6, 6.07) is 17.5. The molecule has 1 heterocycles. The molecule has 1 saturated carbocycles. The maximum Gasteiger partial charge on any atom is 0.305 e. The van der Waals surface area contributed by atoms with Gasteiger partial charge in [-0.1, -0.05) is 30.3 Å². The minimum absolute atomic E-state index is 0.234. The maximum absolute atomic E-state index is 12.5. The van der Waals surface area contributed by atoms with E-state index in [1.807, 2.05) is 61.5 Å². The number of amides is 1. The van der Waals surface area contributed by atoms with Crippen LogP contribution in [0.2, 0.25) is 0 Å². The fraction of sp³-hybridized carbons (Fsp3) is 0.280. The Balaban J connectivity index is 1.81. The second-order valence-corrected chi connectivity index (χ2v) is 7.77. The molecule has 31 heavy (non-hydrogen) atoms. The van der Waals surface area contributed by atoms with E-state index in [9.17, 15) is 9.59 Å². The summed E-state index contributed by atoms with van der Waals surface area (Å²) in [5, 5.41) is 0. The normalized spacial score (nSPS) is 13.1. The van der Waals surface area contributed by atoms with Crippen molar-refractivity contribution in [2.24, 2.45) is 5.73 Å². The monoisotopic (exact) mass is 418 g/mol. The van der Waals surface area contributed by atoms with Crippen LogP contribution in [0.15, 0.2) is 54.6 Å². The van der Waals surface area contributed by atoms with E-state index in [0.29, 0.717) is 23.8 Å². The number of esters is 1. The van der Waals surface area contributed by atoms with Crippen LogP contribution in [-0.2, 0) is 16.0 Å². The molecule has 2 aromatic carbocycles. The van der Waals surface area contributed by atoms with Crippen LogP contribution < -0.4 is 10.5 Å². The second kappa shape index (κ2) is 8.68. The highest BCUT2D eigenvalue weighted by molar-refractivity contribution is 6.02. The van der Waals surface area contributed by atoms with Gasteiger partial charge in [-0.3, -0.25) is 9.59 Å². The Morgan fingerprint density at radius 2 is 1.77 bits per heavy atom. The average Bonchev–Trinajstić information content (AvgIpc) is 3.55. The lowest BCUT2D eigenvalue weighted by Gasteiger charge is -2.13. The van der Waals surface area contributed by atoms with Crippen molar-refractivity contribution in [3.8, 4) is 22.6 Å². The zero-order chi connectivity index (χ0) is 22.0. The molecule has 0 bridgehead atoms. The molecule has 6 heteroatoms. The highest BCUT2D eigenvalue weighted by Gasteiger charge is 2.33. The Morgan fingerprint density at radius 1 is 1.06 bits per heavy atom. The first-order valence-electron chi connectivity index (χ1n) is 10.4. The molecule has 0 unspecified atom stereocenters. The van der Waals surface area contributed by atoms with E-state index in [2.05, 4.69) is 4.57 Å². The minimum atomic E-state index is -0.472. The van der Waals surface area contributed by atoms with Gasteiger partial charge in [-0.2, -0.15) is 0 Å². The van der Waals surface area contributed by atoms with E-state index in [0.717, 1.165) is 41.1 Å². The molecule has 1 amide bonds. The van der Waals surface area contributed by atoms with Crippen molar-refractivity contribution >= 4 is 11.9 Å². The maximum atomic E-state index is 12.5. The van der Waals surface area contributed by atoms with Crippen molar-refractivity contribution in [2.75, 3.05) is 7.11 Å². The molecule has 1 fully saturated rings. The van der Waals surface area contributed by atoms with Gasteiger partial charge in [0, 0.05) is 23.0 Å². The smallest absolute Gasteiger partial charge is 0.305 e. The third kappa shape index (κ3) is 4.33. The van der Waals surface area contributed by atoms with Crippen LogP contribution in [-0.4, -0.2) is 23.6 Å². The van der Waals surface area contributed by atoms with Crippen molar-refractivity contribution in [2.45, 2.75) is 38.6 Å². The molecule has 2 N–H and O–H groups in total. The summed E-state index contributed by atoms with van der Waals surface area (Å²) in [4.78, 5) is 24.4. The lowest BCUT2D eigenvalue weighted by Crippen LogP contribution is -2.13. The molecule has 0 atom stereocenters. The lowest BCUT2D eigenvalue weighted by molar-refractivity contribution is -0.140. The summed E-state index contributed by atoms with van der Waals surface area (Å²) in [7, 11) is 1.38. The number of para-hydroxylation sites is 1. The summed E-state index contributed by atoms with van der Waals surface area (Å²) in [6.07, 6.45) is 2.81. The van der Waals surface area contributed by atoms with Gasteiger partial charge < -0.3 is 19.8 Å². The molecular formula is C25H26N2O4. The Kier molecular flexibility index (Phi) is 5.80. The third-order valence-electron chi connectivity index (χ3n) is 5.61. The van der Waals surface area contributed by atoms with Crippen molar-refractivity contribution in [3.05, 3.63) is 71.5 Å². The molecule has 1 aliphatic rings. The number of primary amides is 1. The fourth-order valence-corrected chi connectivity index (χ4v) is 4.12. The largest absolute Gasteiger partial charge is 0.469 e. The second-order valence-electron chi connectivity index (χ2n) is 7.77. The Morgan fingerprint density at radius 3 is 2.42 bits per heavy atom. The van der Waals surface area contributed by atoms with Crippen molar-refractivity contribution in [3.63, 3.8) is 0 Å². The number of hydrogen-bond acceptors (Lipinski definition) is 4. The first-order chi connectivity index (χ1) is 15.0. The summed E-state index contributed by atoms with van der Waals surface area (Å²) < 4.78 is 13.0. The number of hydrogen-bond donors (Lipinski definition) is 1. The number of nitrogens with zero attached hydrogens (tertiary/aromatic N) is 1. The zero-order valence-electron chi connectivity index (χ0n) is 17.8. The molecular weight excluding hydrogens is 392 g/mol. The van der Waals surface area contributed by atoms with E-state index in [1.165, 1.54) is 7.11 Å². The Hall–Kier alpha value is -3.54. The third-order valence-corrected chi connectivity index (χ3v) is 5.61. The number of ether oxygens (including phenoxy) is 2. The van der Waals surface area contributed by atoms with Gasteiger partial charge >= 0.3 is 5.97 Å². The van der Waals surface area contributed by atoms with Crippen LogP contribution in [0.1, 0.15) is 47.1 Å². The van der Waals surface area contributed by atoms with E-state index in [-0.39, 0.29) is 12.4 Å². The molecule has 4 rings (SSSR count). The van der Waals surface area contributed by atoms with Crippen LogP contribution in [0.25, 0.3) is 11.1 Å². The number of benzene rings is 2. The van der Waals surface area contributed by atoms with E-state index >= 15 is 0 Å². The Labute approximate surface area is 181 Å². The van der Waals surface area contributed by atoms with Crippen LogP contribution in [0, 0.1) is 6.92 Å². The van der Waals surface area contributed by atoms with Gasteiger partial charge in [0.15, 0.2) is 0 Å². The highest BCUT2D eigenvalue weighted by Crippen LogP contribution is 2.44. The molecule has 160 valence electrons. The van der Waals surface area contributed by atoms with Gasteiger partial charge in [0.2, 0.25) is 0 Å². The number of rotatable bonds is 8. The zero-order valence-corrected chi connectivity index (χ0v) is 17.8. The van der Waals surface area contributed by atoms with Gasteiger partial charge in [0.25, 0.3) is 5.91 Å². The number of nitrogens with two attached hydrogens (primary N) is 1. The number of methoxy groups -OCH3 is 1. The molecule has 1 aromatic heterocycles. The summed E-state index contributed by atoms with van der Waals surface area (Å²) in [6.45, 7) is 1.92. The van der Waals surface area contributed by atoms with Gasteiger partial charge in [-0.25, -0.2) is 0 Å². The molecule has 0 aliphatic heterocycles. The first-order valence-corrected chi connectivity index (χ1v) is 10.4. The van der Waals surface area contributed by atoms with Gasteiger partial charge in [0.05, 0.1) is 19.1 Å². The van der Waals surface area contributed by atoms with E-state index in [1.54, 1.807) is 0 Å². The highest BCUT2D eigenvalue weighted by atomic mass is 16.5. The summed E-state index contributed by atoms with van der Waals surface area (Å²) >= 11 is 0. The summed E-state index contributed by atoms with van der Waals surface area (Å²) in [5.74, 6) is 0.636. The van der Waals surface area contributed by atoms with Crippen LogP contribution in [0.3, 0.4) is 0 Å². The van der Waals surface area contributed by atoms with Crippen molar-refractivity contribution < 1.29 is 19.1 Å². The topological polar surface area (TPSA) is 83.6 Å². The lowest BCUT2D eigenvalue weighted by atomic mass is 9.97. The Bertz CT molecular complexity index is 1110. The van der Waals surface area contributed by atoms with Gasteiger partial charge in [-0.05, 0) is 56.0 Å². The molecule has 1 aliphatic carbocycles. The average molecular weight is 418 g/mol. The summed E-state index contributed by atoms with van der Waals surface area (Å²) in [5.41, 5.74) is 9.73. The SMILES string of the molecule is COC(=O)CCc1c(-c2cccc(Oc3ccccc3)c2)c(C(N)=O)c(C)n1C1CC1. The van der Waals surface area contributed by atoms with Crippen molar-refractivity contribution in [1.29, 1.82) is 0 Å². The fourth-order valence-electron chi connectivity index (χ4n) is 4.12. The molecule has 0 spiro atoms. The number of carbonyl (C=O) groups is 2. The quantitative estimate of drug-likeness (QED) is 0.533. The van der Waals surface area contributed by atoms with Gasteiger partial charge in [0.1, 0.15) is 11.5 Å². The van der Waals surface area contributed by atoms with Crippen LogP contribution in [0.4, 0.5) is 0 Å². The van der Waals surface area contributed by atoms with Crippen molar-refractivity contribution in [1.82, 2.24) is 4.57 Å². The van der Waals surface area contributed by atoms with E-state index in [4.69, 9.17) is 15.2 Å².